The molecule has 0 spiro atoms. The largest absolute Gasteiger partial charge is 0.373 e. The fourth-order valence-electron chi connectivity index (χ4n) is 0.435. The van der Waals surface area contributed by atoms with E-state index in [0.29, 0.717) is 0 Å². The summed E-state index contributed by atoms with van der Waals surface area (Å²) >= 11 is 2.24. The van der Waals surface area contributed by atoms with Crippen LogP contribution in [-0.4, -0.2) is 17.7 Å². The molecular formula is C7H11IN2. The zero-order valence-corrected chi connectivity index (χ0v) is 8.13. The van der Waals surface area contributed by atoms with Crippen LogP contribution in [0.1, 0.15) is 0 Å². The standard InChI is InChI=1S/C7H11IN2/c1-3-4-7(9-2)10-6-5-8/h3-4,6,9H,1,5H2,2H3/b7-4-,10-6-. The fraction of sp³-hybridized carbons (Fsp3) is 0.286. The molecule has 0 saturated heterocycles. The monoisotopic (exact) mass is 250 g/mol. The molecule has 0 aliphatic carbocycles. The highest BCUT2D eigenvalue weighted by molar-refractivity contribution is 14.1. The number of rotatable bonds is 4. The molecule has 0 saturated carbocycles. The van der Waals surface area contributed by atoms with Crippen molar-refractivity contribution < 1.29 is 0 Å². The van der Waals surface area contributed by atoms with Crippen molar-refractivity contribution in [1.29, 1.82) is 0 Å². The van der Waals surface area contributed by atoms with E-state index < -0.39 is 0 Å². The molecule has 3 heteroatoms. The molecule has 0 aliphatic rings. The highest BCUT2D eigenvalue weighted by atomic mass is 127. The maximum Gasteiger partial charge on any atom is 0.125 e. The van der Waals surface area contributed by atoms with Crippen molar-refractivity contribution in [3.63, 3.8) is 0 Å². The minimum atomic E-state index is 0.840. The Balaban J connectivity index is 3.94. The number of nitrogens with zero attached hydrogens (tertiary/aromatic N) is 1. The van der Waals surface area contributed by atoms with Crippen LogP contribution in [0.25, 0.3) is 0 Å². The second kappa shape index (κ2) is 6.80. The number of alkyl halides is 1. The van der Waals surface area contributed by atoms with Gasteiger partial charge in [0.05, 0.1) is 0 Å². The first-order valence-corrected chi connectivity index (χ1v) is 4.46. The van der Waals surface area contributed by atoms with Crippen molar-refractivity contribution in [2.24, 2.45) is 4.99 Å². The molecule has 0 aromatic carbocycles. The Hall–Kier alpha value is -0.320. The average molecular weight is 250 g/mol. The van der Waals surface area contributed by atoms with E-state index in [1.165, 1.54) is 0 Å². The molecule has 0 rings (SSSR count). The molecule has 0 aliphatic heterocycles. The summed E-state index contributed by atoms with van der Waals surface area (Å²) < 4.78 is 0.925. The molecule has 0 bridgehead atoms. The van der Waals surface area contributed by atoms with Gasteiger partial charge in [-0.15, -0.1) is 0 Å². The van der Waals surface area contributed by atoms with E-state index in [4.69, 9.17) is 0 Å². The average Bonchev–Trinajstić information content (AvgIpc) is 1.98. The van der Waals surface area contributed by atoms with Gasteiger partial charge in [0.2, 0.25) is 0 Å². The summed E-state index contributed by atoms with van der Waals surface area (Å²) in [5.41, 5.74) is 0. The third kappa shape index (κ3) is 4.55. The molecular weight excluding hydrogens is 239 g/mol. The topological polar surface area (TPSA) is 24.4 Å². The van der Waals surface area contributed by atoms with Crippen molar-refractivity contribution in [1.82, 2.24) is 5.32 Å². The first-order valence-electron chi connectivity index (χ1n) is 2.94. The first kappa shape index (κ1) is 9.68. The smallest absolute Gasteiger partial charge is 0.125 e. The Bertz CT molecular complexity index is 150. The van der Waals surface area contributed by atoms with Crippen LogP contribution < -0.4 is 5.32 Å². The molecule has 0 aromatic heterocycles. The highest BCUT2D eigenvalue weighted by Crippen LogP contribution is 1.89. The van der Waals surface area contributed by atoms with Crippen LogP contribution in [0.5, 0.6) is 0 Å². The second-order valence-electron chi connectivity index (χ2n) is 1.50. The van der Waals surface area contributed by atoms with Gasteiger partial charge in [0.1, 0.15) is 5.82 Å². The van der Waals surface area contributed by atoms with Crippen LogP contribution in [0.4, 0.5) is 0 Å². The maximum absolute atomic E-state index is 4.10. The van der Waals surface area contributed by atoms with Gasteiger partial charge in [-0.1, -0.05) is 35.2 Å². The van der Waals surface area contributed by atoms with Crippen molar-refractivity contribution in [2.75, 3.05) is 11.5 Å². The van der Waals surface area contributed by atoms with Crippen molar-refractivity contribution in [3.05, 3.63) is 24.6 Å². The van der Waals surface area contributed by atoms with E-state index in [9.17, 15) is 0 Å². The van der Waals surface area contributed by atoms with Crippen LogP contribution in [0.15, 0.2) is 29.5 Å². The van der Waals surface area contributed by atoms with Gasteiger partial charge >= 0.3 is 0 Å². The van der Waals surface area contributed by atoms with Crippen LogP contribution in [-0.2, 0) is 0 Å². The second-order valence-corrected chi connectivity index (χ2v) is 2.38. The van der Waals surface area contributed by atoms with Gasteiger partial charge in [0, 0.05) is 17.7 Å². The van der Waals surface area contributed by atoms with Gasteiger partial charge in [-0.2, -0.15) is 0 Å². The number of hydrogen-bond acceptors (Lipinski definition) is 2. The number of nitrogens with one attached hydrogen (secondary N) is 1. The van der Waals surface area contributed by atoms with Crippen LogP contribution in [0.3, 0.4) is 0 Å². The summed E-state index contributed by atoms with van der Waals surface area (Å²) in [4.78, 5) is 4.10. The van der Waals surface area contributed by atoms with Gasteiger partial charge < -0.3 is 5.32 Å². The van der Waals surface area contributed by atoms with Gasteiger partial charge in [0.25, 0.3) is 0 Å². The zero-order valence-electron chi connectivity index (χ0n) is 5.97. The molecule has 0 fully saturated rings. The van der Waals surface area contributed by atoms with Gasteiger partial charge in [-0.05, 0) is 6.08 Å². The van der Waals surface area contributed by atoms with Crippen molar-refractivity contribution in [3.8, 4) is 0 Å². The van der Waals surface area contributed by atoms with Gasteiger partial charge in [-0.25, -0.2) is 4.99 Å². The van der Waals surface area contributed by atoms with E-state index in [1.807, 2.05) is 19.3 Å². The highest BCUT2D eigenvalue weighted by Gasteiger charge is 1.81. The predicted octanol–water partition coefficient (Wildman–Crippen LogP) is 1.74. The lowest BCUT2D eigenvalue weighted by atomic mass is 10.5. The lowest BCUT2D eigenvalue weighted by Crippen LogP contribution is -2.02. The van der Waals surface area contributed by atoms with E-state index in [0.717, 1.165) is 10.2 Å². The lowest BCUT2D eigenvalue weighted by molar-refractivity contribution is 0.968. The van der Waals surface area contributed by atoms with Crippen LogP contribution in [0.2, 0.25) is 0 Å². The molecule has 0 amide bonds. The number of aliphatic imine (C=N–C) groups is 1. The zero-order chi connectivity index (χ0) is 7.82. The van der Waals surface area contributed by atoms with E-state index in [2.05, 4.69) is 39.5 Å². The summed E-state index contributed by atoms with van der Waals surface area (Å²) in [6.45, 7) is 3.56. The summed E-state index contributed by atoms with van der Waals surface area (Å²) in [5.74, 6) is 0.840. The lowest BCUT2D eigenvalue weighted by Gasteiger charge is -1.95. The number of allylic oxidation sites excluding steroid dienone is 2. The van der Waals surface area contributed by atoms with Crippen molar-refractivity contribution in [2.45, 2.75) is 0 Å². The Morgan fingerprint density at radius 3 is 2.90 bits per heavy atom. The maximum atomic E-state index is 4.10. The van der Waals surface area contributed by atoms with E-state index in [-0.39, 0.29) is 0 Å². The van der Waals surface area contributed by atoms with E-state index in [1.54, 1.807) is 6.08 Å². The molecule has 0 radical (unpaired) electrons. The van der Waals surface area contributed by atoms with Crippen molar-refractivity contribution >= 4 is 28.8 Å². The molecule has 10 heavy (non-hydrogen) atoms. The van der Waals surface area contributed by atoms with Gasteiger partial charge in [0.15, 0.2) is 0 Å². The Morgan fingerprint density at radius 1 is 1.80 bits per heavy atom. The third-order valence-electron chi connectivity index (χ3n) is 0.831. The van der Waals surface area contributed by atoms with Crippen LogP contribution >= 0.6 is 22.6 Å². The molecule has 0 atom stereocenters. The Kier molecular flexibility index (Phi) is 6.58. The first-order chi connectivity index (χ1) is 4.85. The molecule has 0 unspecified atom stereocenters. The Morgan fingerprint density at radius 2 is 2.50 bits per heavy atom. The van der Waals surface area contributed by atoms with Gasteiger partial charge in [-0.3, -0.25) is 0 Å². The number of halogens is 1. The SMILES string of the molecule is C=C/C=C(\N=C/CI)NC. The summed E-state index contributed by atoms with van der Waals surface area (Å²) in [6.07, 6.45) is 5.37. The minimum Gasteiger partial charge on any atom is -0.373 e. The third-order valence-corrected chi connectivity index (χ3v) is 1.23. The molecule has 56 valence electrons. The predicted molar refractivity (Wildman–Crippen MR) is 54.7 cm³/mol. The number of hydrogen-bond donors (Lipinski definition) is 1. The minimum absolute atomic E-state index is 0.840. The quantitative estimate of drug-likeness (QED) is 0.349. The van der Waals surface area contributed by atoms with Crippen LogP contribution in [0, 0.1) is 0 Å². The molecule has 1 N–H and O–H groups in total. The molecule has 0 heterocycles. The van der Waals surface area contributed by atoms with E-state index >= 15 is 0 Å². The Labute approximate surface area is 75.3 Å². The molecule has 0 aromatic rings. The normalized spacial score (nSPS) is 12.0. The fourth-order valence-corrected chi connectivity index (χ4v) is 0.632. The molecule has 2 nitrogen and oxygen atoms in total. The summed E-state index contributed by atoms with van der Waals surface area (Å²) in [7, 11) is 1.83. The summed E-state index contributed by atoms with van der Waals surface area (Å²) in [6, 6.07) is 0. The summed E-state index contributed by atoms with van der Waals surface area (Å²) in [5, 5.41) is 2.93.